The number of benzene rings is 2. The van der Waals surface area contributed by atoms with Crippen molar-refractivity contribution >= 4 is 51.9 Å². The highest BCUT2D eigenvalue weighted by Crippen LogP contribution is 2.34. The number of hydrogen-bond acceptors (Lipinski definition) is 4. The Bertz CT molecular complexity index is 980. The first-order valence-corrected chi connectivity index (χ1v) is 9.65. The van der Waals surface area contributed by atoms with Crippen molar-refractivity contribution in [1.29, 1.82) is 5.26 Å². The van der Waals surface area contributed by atoms with Gasteiger partial charge in [0.25, 0.3) is 5.91 Å². The van der Waals surface area contributed by atoms with Crippen molar-refractivity contribution in [3.05, 3.63) is 68.3 Å². The molecule has 1 N–H and O–H groups in total. The van der Waals surface area contributed by atoms with E-state index < -0.39 is 5.91 Å². The van der Waals surface area contributed by atoms with Gasteiger partial charge in [0.05, 0.1) is 10.7 Å². The Hall–Kier alpha value is -2.50. The van der Waals surface area contributed by atoms with E-state index in [2.05, 4.69) is 34.5 Å². The van der Waals surface area contributed by atoms with E-state index in [9.17, 15) is 10.1 Å². The zero-order valence-electron chi connectivity index (χ0n) is 15.4. The third-order valence-corrected chi connectivity index (χ3v) is 4.91. The molecule has 0 unspecified atom stereocenters. The van der Waals surface area contributed by atoms with Gasteiger partial charge in [-0.05, 0) is 71.0 Å². The minimum Gasteiger partial charge on any atom is -0.493 e. The minimum absolute atomic E-state index is 0.0469. The van der Waals surface area contributed by atoms with Crippen molar-refractivity contribution in [2.75, 3.05) is 19.0 Å². The Morgan fingerprint density at radius 1 is 1.39 bits per heavy atom. The van der Waals surface area contributed by atoms with Crippen LogP contribution in [0.1, 0.15) is 11.1 Å². The highest BCUT2D eigenvalue weighted by molar-refractivity contribution is 14.1. The maximum absolute atomic E-state index is 12.5. The number of aryl methyl sites for hydroxylation is 1. The van der Waals surface area contributed by atoms with Crippen LogP contribution in [-0.4, -0.2) is 19.6 Å². The fourth-order valence-electron chi connectivity index (χ4n) is 2.29. The van der Waals surface area contributed by atoms with Crippen LogP contribution < -0.4 is 14.8 Å². The lowest BCUT2D eigenvalue weighted by Gasteiger charge is -2.12. The van der Waals surface area contributed by atoms with Crippen molar-refractivity contribution in [2.24, 2.45) is 0 Å². The highest BCUT2D eigenvalue weighted by Gasteiger charge is 2.14. The summed E-state index contributed by atoms with van der Waals surface area (Å²) in [6, 6.07) is 10.6. The summed E-state index contributed by atoms with van der Waals surface area (Å²) in [5.41, 5.74) is 2.01. The summed E-state index contributed by atoms with van der Waals surface area (Å²) in [5.74, 6) is 0.559. The molecule has 1 amide bonds. The second kappa shape index (κ2) is 10.2. The van der Waals surface area contributed by atoms with Gasteiger partial charge >= 0.3 is 0 Å². The van der Waals surface area contributed by atoms with Gasteiger partial charge in [-0.2, -0.15) is 5.26 Å². The summed E-state index contributed by atoms with van der Waals surface area (Å²) in [7, 11) is 1.53. The van der Waals surface area contributed by atoms with E-state index >= 15 is 0 Å². The zero-order chi connectivity index (χ0) is 20.7. The van der Waals surface area contributed by atoms with Gasteiger partial charge in [-0.15, -0.1) is 0 Å². The molecular weight excluding hydrogens is 491 g/mol. The SMILES string of the molecule is C=CCOc1c(I)cc(C=C(C#N)C(=O)Nc2ccc(C)c(Cl)c2)cc1OC. The summed E-state index contributed by atoms with van der Waals surface area (Å²) >= 11 is 8.19. The maximum Gasteiger partial charge on any atom is 0.266 e. The van der Waals surface area contributed by atoms with Crippen LogP contribution in [0.5, 0.6) is 11.5 Å². The minimum atomic E-state index is -0.525. The van der Waals surface area contributed by atoms with Gasteiger partial charge in [0, 0.05) is 10.7 Å². The third-order valence-electron chi connectivity index (χ3n) is 3.70. The molecule has 0 saturated heterocycles. The zero-order valence-corrected chi connectivity index (χ0v) is 18.3. The second-order valence-corrected chi connectivity index (χ2v) is 7.29. The average Bonchev–Trinajstić information content (AvgIpc) is 2.67. The quantitative estimate of drug-likeness (QED) is 0.236. The van der Waals surface area contributed by atoms with Crippen LogP contribution in [0.25, 0.3) is 6.08 Å². The lowest BCUT2D eigenvalue weighted by molar-refractivity contribution is -0.112. The molecule has 2 aromatic rings. The molecule has 144 valence electrons. The molecule has 0 radical (unpaired) electrons. The number of nitriles is 1. The van der Waals surface area contributed by atoms with Gasteiger partial charge in [0.15, 0.2) is 11.5 Å². The topological polar surface area (TPSA) is 71.3 Å². The van der Waals surface area contributed by atoms with Crippen LogP contribution >= 0.6 is 34.2 Å². The lowest BCUT2D eigenvalue weighted by Crippen LogP contribution is -2.13. The van der Waals surface area contributed by atoms with E-state index in [0.29, 0.717) is 34.4 Å². The van der Waals surface area contributed by atoms with Gasteiger partial charge in [-0.1, -0.05) is 30.3 Å². The fraction of sp³-hybridized carbons (Fsp3) is 0.143. The molecule has 5 nitrogen and oxygen atoms in total. The molecule has 0 heterocycles. The molecular formula is C21H18ClIN2O3. The van der Waals surface area contributed by atoms with Crippen molar-refractivity contribution < 1.29 is 14.3 Å². The van der Waals surface area contributed by atoms with Gasteiger partial charge in [0.2, 0.25) is 0 Å². The monoisotopic (exact) mass is 508 g/mol. The number of methoxy groups -OCH3 is 1. The number of amides is 1. The molecule has 0 saturated carbocycles. The van der Waals surface area contributed by atoms with Crippen LogP contribution in [0.2, 0.25) is 5.02 Å². The number of halogens is 2. The Kier molecular flexibility index (Phi) is 7.91. The third kappa shape index (κ3) is 5.50. The first-order chi connectivity index (χ1) is 13.4. The van der Waals surface area contributed by atoms with Crippen molar-refractivity contribution in [2.45, 2.75) is 6.92 Å². The Labute approximate surface area is 182 Å². The lowest BCUT2D eigenvalue weighted by atomic mass is 10.1. The number of ether oxygens (including phenoxy) is 2. The van der Waals surface area contributed by atoms with Gasteiger partial charge in [0.1, 0.15) is 18.2 Å². The summed E-state index contributed by atoms with van der Waals surface area (Å²) in [6.07, 6.45) is 3.13. The van der Waals surface area contributed by atoms with Crippen LogP contribution in [-0.2, 0) is 4.79 Å². The van der Waals surface area contributed by atoms with Crippen LogP contribution in [0.4, 0.5) is 5.69 Å². The molecule has 0 aliphatic heterocycles. The molecule has 2 rings (SSSR count). The van der Waals surface area contributed by atoms with Crippen LogP contribution in [0.15, 0.2) is 48.6 Å². The predicted octanol–water partition coefficient (Wildman–Crippen LogP) is 5.37. The average molecular weight is 509 g/mol. The van der Waals surface area contributed by atoms with E-state index in [0.717, 1.165) is 9.13 Å². The predicted molar refractivity (Wildman–Crippen MR) is 120 cm³/mol. The summed E-state index contributed by atoms with van der Waals surface area (Å²) < 4.78 is 11.8. The molecule has 0 bridgehead atoms. The van der Waals surface area contributed by atoms with Gasteiger partial charge in [-0.25, -0.2) is 0 Å². The molecule has 0 spiro atoms. The van der Waals surface area contributed by atoms with Crippen molar-refractivity contribution in [1.82, 2.24) is 0 Å². The van der Waals surface area contributed by atoms with Crippen molar-refractivity contribution in [3.63, 3.8) is 0 Å². The first kappa shape index (κ1) is 21.8. The summed E-state index contributed by atoms with van der Waals surface area (Å²) in [4.78, 5) is 12.5. The number of carbonyl (C=O) groups excluding carboxylic acids is 1. The largest absolute Gasteiger partial charge is 0.493 e. The van der Waals surface area contributed by atoms with E-state index in [-0.39, 0.29) is 5.57 Å². The Balaban J connectivity index is 2.31. The highest BCUT2D eigenvalue weighted by atomic mass is 127. The number of hydrogen-bond donors (Lipinski definition) is 1. The fourth-order valence-corrected chi connectivity index (χ4v) is 3.25. The molecule has 2 aromatic carbocycles. The van der Waals surface area contributed by atoms with E-state index in [1.807, 2.05) is 13.0 Å². The number of anilines is 1. The van der Waals surface area contributed by atoms with Crippen LogP contribution in [0.3, 0.4) is 0 Å². The molecule has 0 fully saturated rings. The summed E-state index contributed by atoms with van der Waals surface area (Å²) in [6.45, 7) is 5.83. The normalized spacial score (nSPS) is 10.8. The van der Waals surface area contributed by atoms with Gasteiger partial charge < -0.3 is 14.8 Å². The van der Waals surface area contributed by atoms with Crippen molar-refractivity contribution in [3.8, 4) is 17.6 Å². The second-order valence-electron chi connectivity index (χ2n) is 5.72. The smallest absolute Gasteiger partial charge is 0.266 e. The number of carbonyl (C=O) groups is 1. The standard InChI is InChI=1S/C21H18ClIN2O3/c1-4-7-28-20-18(23)9-14(10-19(20)27-3)8-15(12-24)21(26)25-16-6-5-13(2)17(22)11-16/h4-6,8-11H,1,7H2,2-3H3,(H,25,26). The Morgan fingerprint density at radius 2 is 2.14 bits per heavy atom. The first-order valence-electron chi connectivity index (χ1n) is 8.20. The number of nitrogens with one attached hydrogen (secondary N) is 1. The molecule has 0 aliphatic rings. The van der Waals surface area contributed by atoms with Crippen LogP contribution in [0, 0.1) is 21.8 Å². The number of nitrogens with zero attached hydrogens (tertiary/aromatic N) is 1. The van der Waals surface area contributed by atoms with Gasteiger partial charge in [-0.3, -0.25) is 4.79 Å². The van der Waals surface area contributed by atoms with E-state index in [1.165, 1.54) is 13.2 Å². The molecule has 0 atom stereocenters. The van der Waals surface area contributed by atoms with E-state index in [1.54, 1.807) is 36.4 Å². The number of rotatable bonds is 7. The Morgan fingerprint density at radius 3 is 2.75 bits per heavy atom. The maximum atomic E-state index is 12.5. The molecule has 7 heteroatoms. The summed E-state index contributed by atoms with van der Waals surface area (Å²) in [5, 5.41) is 12.6. The molecule has 0 aromatic heterocycles. The van der Waals surface area contributed by atoms with E-state index in [4.69, 9.17) is 21.1 Å². The molecule has 28 heavy (non-hydrogen) atoms. The molecule has 0 aliphatic carbocycles.